The second-order valence-corrected chi connectivity index (χ2v) is 26.9. The molecule has 0 saturated carbocycles. The fraction of sp³-hybridized carbons (Fsp3) is 0.263. The summed E-state index contributed by atoms with van der Waals surface area (Å²) in [6.45, 7) is 6.28. The maximum atomic E-state index is 13.3. The molecule has 30 heteroatoms. The van der Waals surface area contributed by atoms with E-state index in [2.05, 4.69) is 0 Å². The number of fused-ring (bicyclic) bond motifs is 7. The first-order chi connectivity index (χ1) is 49.8. The van der Waals surface area contributed by atoms with E-state index < -0.39 is 92.0 Å². The molecule has 15 N–H and O–H groups in total. The molecular formula is C76H66O30. The zero-order chi connectivity index (χ0) is 76.7. The normalized spacial score (nSPS) is 21.8. The predicted octanol–water partition coefficient (Wildman–Crippen LogP) is 6.54. The Balaban J connectivity index is 0.000000133. The molecular weight excluding hydrogens is 1390 g/mol. The minimum Gasteiger partial charge on any atom is -0.511 e. The summed E-state index contributed by atoms with van der Waals surface area (Å²) in [4.78, 5) is 98.1. The SMILES string of the molecule is C[C@@]1(O)CC(=O)c2c(Cc3cc(O)cc(=O)o3)cc(O)cc2O1.Cc1cc(=O)cc(C[C@]2(O)C[C@@H](O)Cc3oc4cc(O)cc(C)c4c(=O)c32)o1.Cc1cc(O)cc2oc3c(c(=O)c12)[C@@](O)(Cc1cc(O)cc(=O)o1)C[C@@H](O)C3.O=C1c2c(O)cc(O)cc2C(c2cc(O)cc(=O)o2)C2C=C(O)C=C(O)C12. The molecule has 0 fully saturated rings. The molecule has 30 nitrogen and oxygen atoms in total. The van der Waals surface area contributed by atoms with Gasteiger partial charge >= 0.3 is 16.9 Å². The van der Waals surface area contributed by atoms with Gasteiger partial charge in [0.15, 0.2) is 27.9 Å². The number of aromatic hydroxyl groups is 8. The maximum Gasteiger partial charge on any atom is 0.339 e. The first kappa shape index (κ1) is 73.3. The number of benzene rings is 4. The Morgan fingerprint density at radius 2 is 0.981 bits per heavy atom. The molecule has 0 radical (unpaired) electrons. The molecule has 3 unspecified atom stereocenters. The molecule has 7 heterocycles. The van der Waals surface area contributed by atoms with E-state index in [1.54, 1.807) is 20.8 Å². The lowest BCUT2D eigenvalue weighted by Crippen LogP contribution is -2.43. The Labute approximate surface area is 593 Å². The first-order valence-corrected chi connectivity index (χ1v) is 32.5. The van der Waals surface area contributed by atoms with Gasteiger partial charge in [-0.2, -0.15) is 0 Å². The van der Waals surface area contributed by atoms with Gasteiger partial charge in [0.1, 0.15) is 126 Å². The Morgan fingerprint density at radius 1 is 0.491 bits per heavy atom. The number of Topliss-reactive ketones (excluding diaryl/α,β-unsaturated/α-hetero) is 2. The average Bonchev–Trinajstić information content (AvgIpc) is 0.747. The molecule has 106 heavy (non-hydrogen) atoms. The lowest BCUT2D eigenvalue weighted by atomic mass is 9.65. The van der Waals surface area contributed by atoms with Crippen LogP contribution in [0.1, 0.15) is 127 Å². The van der Waals surface area contributed by atoms with Crippen LogP contribution in [0.2, 0.25) is 0 Å². The number of aliphatic hydroxyl groups excluding tert-OH is 4. The molecule has 10 aromatic rings. The molecule has 0 saturated heterocycles. The van der Waals surface area contributed by atoms with Crippen LogP contribution in [0.15, 0.2) is 176 Å². The molecule has 0 spiro atoms. The second-order valence-electron chi connectivity index (χ2n) is 26.9. The van der Waals surface area contributed by atoms with Gasteiger partial charge in [-0.3, -0.25) is 24.0 Å². The number of aryl methyl sites for hydroxylation is 3. The summed E-state index contributed by atoms with van der Waals surface area (Å²) in [5, 5.41) is 152. The number of hydrogen-bond donors (Lipinski definition) is 15. The molecule has 6 aromatic heterocycles. The van der Waals surface area contributed by atoms with Gasteiger partial charge in [-0.25, -0.2) is 14.4 Å². The van der Waals surface area contributed by atoms with Crippen LogP contribution in [-0.2, 0) is 43.3 Å². The van der Waals surface area contributed by atoms with E-state index in [0.29, 0.717) is 22.5 Å². The third-order valence-corrected chi connectivity index (χ3v) is 18.4. The van der Waals surface area contributed by atoms with Gasteiger partial charge in [0, 0.05) is 118 Å². The zero-order valence-corrected chi connectivity index (χ0v) is 56.3. The van der Waals surface area contributed by atoms with Crippen LogP contribution in [0.5, 0.6) is 51.7 Å². The lowest BCUT2D eigenvalue weighted by Gasteiger charge is -2.37. The molecule has 4 aromatic carbocycles. The Hall–Kier alpha value is -12.5. The number of phenols is 5. The van der Waals surface area contributed by atoms with Crippen LogP contribution in [0.3, 0.4) is 0 Å². The van der Waals surface area contributed by atoms with Crippen LogP contribution in [0, 0.1) is 32.6 Å². The topological polar surface area (TPSA) is 528 Å². The molecule has 15 rings (SSSR count). The average molecular weight is 1460 g/mol. The van der Waals surface area contributed by atoms with E-state index >= 15 is 0 Å². The molecule has 8 atom stereocenters. The van der Waals surface area contributed by atoms with Crippen molar-refractivity contribution in [1.29, 1.82) is 0 Å². The molecule has 550 valence electrons. The van der Waals surface area contributed by atoms with Gasteiger partial charge in [-0.05, 0) is 73.4 Å². The number of allylic oxidation sites excluding steroid dienone is 3. The van der Waals surface area contributed by atoms with Crippen molar-refractivity contribution in [3.05, 3.63) is 267 Å². The van der Waals surface area contributed by atoms with Crippen molar-refractivity contribution in [3.63, 3.8) is 0 Å². The minimum absolute atomic E-state index is 0.00236. The van der Waals surface area contributed by atoms with Crippen LogP contribution in [0.4, 0.5) is 0 Å². The maximum absolute atomic E-state index is 13.3. The molecule has 0 amide bonds. The van der Waals surface area contributed by atoms with E-state index in [4.69, 9.17) is 31.2 Å². The van der Waals surface area contributed by atoms with Crippen LogP contribution in [-0.4, -0.2) is 106 Å². The number of rotatable bonds is 7. The van der Waals surface area contributed by atoms with Crippen LogP contribution in [0.25, 0.3) is 21.9 Å². The van der Waals surface area contributed by atoms with E-state index in [1.807, 2.05) is 0 Å². The van der Waals surface area contributed by atoms with E-state index in [-0.39, 0.29) is 199 Å². The number of hydrogen-bond acceptors (Lipinski definition) is 30. The van der Waals surface area contributed by atoms with Crippen molar-refractivity contribution in [2.75, 3.05) is 0 Å². The van der Waals surface area contributed by atoms with Gasteiger partial charge in [-0.15, -0.1) is 0 Å². The highest BCUT2D eigenvalue weighted by Crippen LogP contribution is 2.52. The Kier molecular flexibility index (Phi) is 19.1. The summed E-state index contributed by atoms with van der Waals surface area (Å²) in [6.07, 6.45) is -0.476. The van der Waals surface area contributed by atoms with Gasteiger partial charge in [-0.1, -0.05) is 0 Å². The van der Waals surface area contributed by atoms with Gasteiger partial charge in [0.25, 0.3) is 0 Å². The highest BCUT2D eigenvalue weighted by Gasteiger charge is 2.49. The number of carbonyl (C=O) groups excluding carboxylic acids is 2. The Bertz CT molecular complexity index is 5550. The van der Waals surface area contributed by atoms with Crippen molar-refractivity contribution in [2.45, 2.75) is 114 Å². The fourth-order valence-corrected chi connectivity index (χ4v) is 14.6. The van der Waals surface area contributed by atoms with Gasteiger partial charge in [0.05, 0.1) is 81.7 Å². The van der Waals surface area contributed by atoms with Crippen molar-refractivity contribution >= 4 is 33.5 Å². The quantitative estimate of drug-likeness (QED) is 0.0805. The Morgan fingerprint density at radius 3 is 1.52 bits per heavy atom. The second kappa shape index (κ2) is 27.6. The highest BCUT2D eigenvalue weighted by molar-refractivity contribution is 6.05. The lowest BCUT2D eigenvalue weighted by molar-refractivity contribution is -0.123. The molecule has 5 aliphatic rings. The number of aliphatic hydroxyl groups is 7. The van der Waals surface area contributed by atoms with E-state index in [1.165, 1.54) is 85.8 Å². The molecule has 4 aliphatic carbocycles. The highest BCUT2D eigenvalue weighted by atomic mass is 16.6. The molecule has 0 bridgehead atoms. The van der Waals surface area contributed by atoms with Crippen LogP contribution < -0.4 is 37.9 Å². The number of ether oxygens (including phenoxy) is 1. The molecule has 1 aliphatic heterocycles. The fourth-order valence-electron chi connectivity index (χ4n) is 14.6. The summed E-state index contributed by atoms with van der Waals surface area (Å²) in [7, 11) is 0. The summed E-state index contributed by atoms with van der Waals surface area (Å²) in [5.41, 5.74) is -5.19. The zero-order valence-electron chi connectivity index (χ0n) is 56.3. The van der Waals surface area contributed by atoms with Gasteiger partial charge < -0.3 is 108 Å². The smallest absolute Gasteiger partial charge is 0.339 e. The van der Waals surface area contributed by atoms with Crippen molar-refractivity contribution in [1.82, 2.24) is 0 Å². The van der Waals surface area contributed by atoms with Crippen molar-refractivity contribution in [3.8, 4) is 51.7 Å². The monoisotopic (exact) mass is 1460 g/mol. The predicted molar refractivity (Wildman–Crippen MR) is 367 cm³/mol. The number of ketones is 2. The summed E-state index contributed by atoms with van der Waals surface area (Å²) >= 11 is 0. The third kappa shape index (κ3) is 14.7. The summed E-state index contributed by atoms with van der Waals surface area (Å²) in [6, 6.07) is 19.2. The van der Waals surface area contributed by atoms with Gasteiger partial charge in [0.2, 0.25) is 5.79 Å². The third-order valence-electron chi connectivity index (χ3n) is 18.4. The van der Waals surface area contributed by atoms with Crippen LogP contribution >= 0.6 is 0 Å². The van der Waals surface area contributed by atoms with Crippen molar-refractivity contribution in [2.24, 2.45) is 11.8 Å². The van der Waals surface area contributed by atoms with Crippen molar-refractivity contribution < 1.29 is 117 Å². The largest absolute Gasteiger partial charge is 0.511 e. The summed E-state index contributed by atoms with van der Waals surface area (Å²) in [5.74, 6) is -7.32. The van der Waals surface area contributed by atoms with E-state index in [9.17, 15) is 115 Å². The number of carbonyl (C=O) groups is 2. The minimum atomic E-state index is -1.87. The first-order valence-electron chi connectivity index (χ1n) is 32.5. The standard InChI is InChI=1S/C21H20O7.C20H18O8.C19H14O8.C16H14O7/c1-10-3-12(22)6-16-18(10)20(25)19-17(28-16)7-14(24)8-21(19,26)9-15-5-13(23)4-11(2)27-15;1-9-2-10(21)4-14-17(9)19(25)18-15(28-14)5-12(23)7-20(18,26)8-13-3-11(22)6-16(24)27-13;20-7-1-10-16(14-5-9(22)6-15(25)27-14)11-2-8(21)4-13(24)18(11)19(26)17(10)12(23)3-7;1-16(21)7-12(19)15-8(2-9(17)5-13(15)23-16)3-11-4-10(18)6-14(20)22-11/h3-6,14,22,24,26H,7-9H2,1-2H3;2-4,6,12,21-23,26H,5,7-8H2,1H3;1-6,10,16-17,20-24H;2,4-6,17-18,21H,3,7H2,1H3/t14-,21+;12-,20-;;16-/m00.0/s1. The number of phenolic OH excluding ortho intramolecular Hbond substituents is 5. The summed E-state index contributed by atoms with van der Waals surface area (Å²) < 4.78 is 37.6. The van der Waals surface area contributed by atoms with E-state index in [0.717, 1.165) is 30.3 Å².